The number of carbonyl (C=O) groups excluding carboxylic acids is 3. The molecule has 0 spiro atoms. The minimum atomic E-state index is -0.940. The quantitative estimate of drug-likeness (QED) is 0.805. The number of ketones is 1. The topological polar surface area (TPSA) is 89.7 Å². The maximum absolute atomic E-state index is 13.6. The summed E-state index contributed by atoms with van der Waals surface area (Å²) in [6.45, 7) is -0.146. The van der Waals surface area contributed by atoms with E-state index < -0.39 is 35.6 Å². The lowest BCUT2D eigenvalue weighted by molar-refractivity contribution is -0.151. The minimum Gasteiger partial charge on any atom is -0.467 e. The first-order valence-corrected chi connectivity index (χ1v) is 8.44. The normalized spacial score (nSPS) is 23.1. The van der Waals surface area contributed by atoms with Crippen molar-refractivity contribution >= 4 is 17.7 Å². The molecule has 1 amide bonds. The number of nitrogens with two attached hydrogens (primary N) is 1. The van der Waals surface area contributed by atoms with E-state index >= 15 is 0 Å². The first-order chi connectivity index (χ1) is 12.3. The summed E-state index contributed by atoms with van der Waals surface area (Å²) in [5.41, 5.74) is 7.49. The van der Waals surface area contributed by atoms with Gasteiger partial charge in [-0.25, -0.2) is 13.6 Å². The molecule has 1 heterocycles. The SMILES string of the molecule is COC(=O)C1CC(=O)CN1C(=O)CC(N)C1CCc2cc(F)c(F)cc21. The van der Waals surface area contributed by atoms with Crippen LogP contribution in [0.2, 0.25) is 0 Å². The van der Waals surface area contributed by atoms with E-state index in [1.54, 1.807) is 0 Å². The van der Waals surface area contributed by atoms with Crippen LogP contribution in [0.3, 0.4) is 0 Å². The summed E-state index contributed by atoms with van der Waals surface area (Å²) in [5.74, 6) is -3.39. The number of likely N-dealkylation sites (tertiary alicyclic amines) is 1. The molecule has 1 saturated heterocycles. The van der Waals surface area contributed by atoms with Gasteiger partial charge in [-0.05, 0) is 36.1 Å². The highest BCUT2D eigenvalue weighted by atomic mass is 19.2. The minimum absolute atomic E-state index is 0.0651. The van der Waals surface area contributed by atoms with Gasteiger partial charge in [0.2, 0.25) is 5.91 Å². The van der Waals surface area contributed by atoms with Crippen LogP contribution < -0.4 is 5.73 Å². The monoisotopic (exact) mass is 366 g/mol. The number of fused-ring (bicyclic) bond motifs is 1. The van der Waals surface area contributed by atoms with E-state index in [4.69, 9.17) is 5.73 Å². The van der Waals surface area contributed by atoms with Crippen LogP contribution in [0.15, 0.2) is 12.1 Å². The first-order valence-electron chi connectivity index (χ1n) is 8.44. The summed E-state index contributed by atoms with van der Waals surface area (Å²) in [4.78, 5) is 37.2. The number of hydrogen-bond acceptors (Lipinski definition) is 5. The highest BCUT2D eigenvalue weighted by molar-refractivity contribution is 5.97. The number of nitrogens with zero attached hydrogens (tertiary/aromatic N) is 1. The highest BCUT2D eigenvalue weighted by Crippen LogP contribution is 2.37. The lowest BCUT2D eigenvalue weighted by Crippen LogP contribution is -2.44. The number of benzene rings is 1. The van der Waals surface area contributed by atoms with E-state index in [1.165, 1.54) is 18.1 Å². The first kappa shape index (κ1) is 18.4. The number of methoxy groups -OCH3 is 1. The van der Waals surface area contributed by atoms with E-state index in [0.717, 1.165) is 6.07 Å². The fourth-order valence-corrected chi connectivity index (χ4v) is 3.84. The number of rotatable bonds is 4. The molecule has 1 aliphatic heterocycles. The second kappa shape index (κ2) is 7.11. The molecule has 2 N–H and O–H groups in total. The fourth-order valence-electron chi connectivity index (χ4n) is 3.84. The predicted molar refractivity (Wildman–Crippen MR) is 87.2 cm³/mol. The predicted octanol–water partition coefficient (Wildman–Crippen LogP) is 1.05. The number of esters is 1. The number of hydrogen-bond donors (Lipinski definition) is 1. The molecule has 3 rings (SSSR count). The average molecular weight is 366 g/mol. The summed E-state index contributed by atoms with van der Waals surface area (Å²) < 4.78 is 31.6. The van der Waals surface area contributed by atoms with E-state index in [9.17, 15) is 23.2 Å². The standard InChI is InChI=1S/C18H20F2N2O4/c1-26-18(25)16-5-10(23)8-22(16)17(24)7-15(21)11-3-2-9-4-13(19)14(20)6-12(9)11/h4,6,11,15-16H,2-3,5,7-8,21H2,1H3. The second-order valence-corrected chi connectivity index (χ2v) is 6.78. The van der Waals surface area contributed by atoms with E-state index in [-0.39, 0.29) is 31.1 Å². The van der Waals surface area contributed by atoms with Crippen molar-refractivity contribution in [2.45, 2.75) is 43.7 Å². The van der Waals surface area contributed by atoms with Crippen LogP contribution in [0.1, 0.15) is 36.3 Å². The van der Waals surface area contributed by atoms with Crippen LogP contribution in [0.25, 0.3) is 0 Å². The number of halogens is 2. The van der Waals surface area contributed by atoms with Crippen molar-refractivity contribution in [2.75, 3.05) is 13.7 Å². The average Bonchev–Trinajstić information content (AvgIpc) is 3.18. The van der Waals surface area contributed by atoms with Crippen LogP contribution in [0.5, 0.6) is 0 Å². The van der Waals surface area contributed by atoms with Crippen molar-refractivity contribution in [1.82, 2.24) is 4.90 Å². The summed E-state index contributed by atoms with van der Waals surface area (Å²) in [6, 6.07) is 0.770. The molecule has 0 radical (unpaired) electrons. The van der Waals surface area contributed by atoms with Crippen molar-refractivity contribution < 1.29 is 27.9 Å². The Labute approximate surface area is 149 Å². The van der Waals surface area contributed by atoms with Crippen LogP contribution in [0, 0.1) is 11.6 Å². The Morgan fingerprint density at radius 2 is 2.04 bits per heavy atom. The molecule has 3 atom stereocenters. The van der Waals surface area contributed by atoms with Gasteiger partial charge in [0.05, 0.1) is 13.7 Å². The molecule has 8 heteroatoms. The third-order valence-electron chi connectivity index (χ3n) is 5.17. The Morgan fingerprint density at radius 1 is 1.35 bits per heavy atom. The zero-order chi connectivity index (χ0) is 19.0. The van der Waals surface area contributed by atoms with Crippen molar-refractivity contribution in [2.24, 2.45) is 5.73 Å². The van der Waals surface area contributed by atoms with Gasteiger partial charge in [-0.3, -0.25) is 9.59 Å². The third kappa shape index (κ3) is 3.33. The Morgan fingerprint density at radius 3 is 2.73 bits per heavy atom. The lowest BCUT2D eigenvalue weighted by Gasteiger charge is -2.25. The van der Waals surface area contributed by atoms with Gasteiger partial charge < -0.3 is 15.4 Å². The molecular formula is C18H20F2N2O4. The number of carbonyl (C=O) groups is 3. The molecule has 2 aliphatic rings. The molecule has 6 nitrogen and oxygen atoms in total. The third-order valence-corrected chi connectivity index (χ3v) is 5.17. The molecule has 3 unspecified atom stereocenters. The highest BCUT2D eigenvalue weighted by Gasteiger charge is 2.40. The van der Waals surface area contributed by atoms with Crippen molar-refractivity contribution in [1.29, 1.82) is 0 Å². The zero-order valence-electron chi connectivity index (χ0n) is 14.3. The van der Waals surface area contributed by atoms with Crippen LogP contribution in [-0.2, 0) is 25.5 Å². The smallest absolute Gasteiger partial charge is 0.329 e. The molecule has 0 aromatic heterocycles. The van der Waals surface area contributed by atoms with Crippen LogP contribution >= 0.6 is 0 Å². The van der Waals surface area contributed by atoms with E-state index in [2.05, 4.69) is 4.74 Å². The molecule has 0 bridgehead atoms. The summed E-state index contributed by atoms with van der Waals surface area (Å²) in [5, 5.41) is 0. The van der Waals surface area contributed by atoms with Gasteiger partial charge in [0.1, 0.15) is 6.04 Å². The van der Waals surface area contributed by atoms with Gasteiger partial charge in [-0.15, -0.1) is 0 Å². The van der Waals surface area contributed by atoms with Gasteiger partial charge in [-0.2, -0.15) is 0 Å². The lowest BCUT2D eigenvalue weighted by atomic mass is 9.91. The van der Waals surface area contributed by atoms with E-state index in [0.29, 0.717) is 24.0 Å². The van der Waals surface area contributed by atoms with Crippen LogP contribution in [-0.4, -0.2) is 48.3 Å². The Bertz CT molecular complexity index is 768. The molecule has 1 fully saturated rings. The molecule has 0 saturated carbocycles. The van der Waals surface area contributed by atoms with E-state index in [1.807, 2.05) is 0 Å². The van der Waals surface area contributed by atoms with Gasteiger partial charge in [0.15, 0.2) is 17.4 Å². The van der Waals surface area contributed by atoms with Crippen molar-refractivity contribution in [3.05, 3.63) is 34.9 Å². The number of amides is 1. The second-order valence-electron chi connectivity index (χ2n) is 6.78. The fraction of sp³-hybridized carbons (Fsp3) is 0.500. The van der Waals surface area contributed by atoms with Crippen LogP contribution in [0.4, 0.5) is 8.78 Å². The number of Topliss-reactive ketones (excluding diaryl/α,β-unsaturated/α-hetero) is 1. The molecule has 1 aromatic carbocycles. The summed E-state index contributed by atoms with van der Waals surface area (Å²) in [6.07, 6.45) is 0.992. The molecule has 140 valence electrons. The molecule has 1 aromatic rings. The Hall–Kier alpha value is -2.35. The Balaban J connectivity index is 1.72. The van der Waals surface area contributed by atoms with Gasteiger partial charge in [0.25, 0.3) is 0 Å². The molecular weight excluding hydrogens is 346 g/mol. The van der Waals surface area contributed by atoms with Gasteiger partial charge in [-0.1, -0.05) is 0 Å². The van der Waals surface area contributed by atoms with Gasteiger partial charge >= 0.3 is 5.97 Å². The maximum Gasteiger partial charge on any atom is 0.329 e. The Kier molecular flexibility index (Phi) is 5.04. The maximum atomic E-state index is 13.6. The summed E-state index contributed by atoms with van der Waals surface area (Å²) >= 11 is 0. The van der Waals surface area contributed by atoms with Crippen molar-refractivity contribution in [3.63, 3.8) is 0 Å². The number of aryl methyl sites for hydroxylation is 1. The molecule has 26 heavy (non-hydrogen) atoms. The summed E-state index contributed by atoms with van der Waals surface area (Å²) in [7, 11) is 1.20. The largest absolute Gasteiger partial charge is 0.467 e. The van der Waals surface area contributed by atoms with Gasteiger partial charge in [0, 0.05) is 24.8 Å². The number of ether oxygens (including phenoxy) is 1. The zero-order valence-corrected chi connectivity index (χ0v) is 14.3. The molecule has 1 aliphatic carbocycles. The van der Waals surface area contributed by atoms with Crippen molar-refractivity contribution in [3.8, 4) is 0 Å².